The van der Waals surface area contributed by atoms with Crippen molar-refractivity contribution in [1.29, 1.82) is 0 Å². The normalized spacial score (nSPS) is 22.6. The van der Waals surface area contributed by atoms with E-state index in [0.29, 0.717) is 17.8 Å². The molecule has 3 rings (SSSR count). The maximum absolute atomic E-state index is 11.1. The minimum Gasteiger partial charge on any atom is -0.473 e. The SMILES string of the molecule is C=N/C=C(/CN1CC(Oc2cc(N3CCC3)ncn2)CC1C)SCNC(C)=O. The summed E-state index contributed by atoms with van der Waals surface area (Å²) < 4.78 is 6.15. The molecule has 1 N–H and O–H groups in total. The molecule has 2 aliphatic rings. The lowest BCUT2D eigenvalue weighted by Gasteiger charge is -2.31. The zero-order chi connectivity index (χ0) is 19.9. The molecule has 2 saturated heterocycles. The number of rotatable bonds is 9. The van der Waals surface area contributed by atoms with Crippen LogP contribution < -0.4 is 15.0 Å². The molecule has 0 bridgehead atoms. The first kappa shape index (κ1) is 20.6. The van der Waals surface area contributed by atoms with Crippen LogP contribution in [0.2, 0.25) is 0 Å². The van der Waals surface area contributed by atoms with Gasteiger partial charge in [-0.3, -0.25) is 14.7 Å². The van der Waals surface area contributed by atoms with Crippen LogP contribution in [0.25, 0.3) is 0 Å². The smallest absolute Gasteiger partial charge is 0.218 e. The Labute approximate surface area is 170 Å². The maximum atomic E-state index is 11.1. The van der Waals surface area contributed by atoms with E-state index in [1.54, 1.807) is 24.3 Å². The number of nitrogens with zero attached hydrogens (tertiary/aromatic N) is 5. The van der Waals surface area contributed by atoms with Gasteiger partial charge in [-0.05, 0) is 20.1 Å². The summed E-state index contributed by atoms with van der Waals surface area (Å²) in [6.07, 6.45) is 5.58. The molecule has 0 saturated carbocycles. The van der Waals surface area contributed by atoms with Crippen LogP contribution in [0.4, 0.5) is 5.82 Å². The summed E-state index contributed by atoms with van der Waals surface area (Å²) in [5, 5.41) is 2.80. The zero-order valence-corrected chi connectivity index (χ0v) is 17.3. The first-order valence-electron chi connectivity index (χ1n) is 9.55. The van der Waals surface area contributed by atoms with Crippen molar-refractivity contribution in [1.82, 2.24) is 20.2 Å². The molecule has 2 atom stereocenters. The molecule has 3 heterocycles. The van der Waals surface area contributed by atoms with Gasteiger partial charge in [0.1, 0.15) is 18.2 Å². The standard InChI is InChI=1S/C19H28N6O2S/c1-14-7-16(27-19-8-18(21-12-22-19)24-5-4-6-24)10-25(14)11-17(9-20-3)28-13-23-15(2)26/h8-9,12,14,16H,3-7,10-11,13H2,1-2H3,(H,23,26)/b17-9-. The van der Waals surface area contributed by atoms with E-state index in [1.165, 1.54) is 13.3 Å². The average Bonchev–Trinajstić information content (AvgIpc) is 2.92. The van der Waals surface area contributed by atoms with Crippen molar-refractivity contribution in [3.8, 4) is 5.88 Å². The Bertz CT molecular complexity index is 724. The topological polar surface area (TPSA) is 82.9 Å². The second-order valence-corrected chi connectivity index (χ2v) is 8.21. The van der Waals surface area contributed by atoms with Gasteiger partial charge in [-0.1, -0.05) is 0 Å². The summed E-state index contributed by atoms with van der Waals surface area (Å²) in [6, 6.07) is 2.32. The van der Waals surface area contributed by atoms with Crippen molar-refractivity contribution in [2.45, 2.75) is 38.8 Å². The van der Waals surface area contributed by atoms with E-state index in [4.69, 9.17) is 4.74 Å². The summed E-state index contributed by atoms with van der Waals surface area (Å²) >= 11 is 1.57. The van der Waals surface area contributed by atoms with Crippen LogP contribution in [-0.4, -0.2) is 71.7 Å². The van der Waals surface area contributed by atoms with Crippen molar-refractivity contribution < 1.29 is 9.53 Å². The van der Waals surface area contributed by atoms with E-state index in [-0.39, 0.29) is 12.0 Å². The highest BCUT2D eigenvalue weighted by Gasteiger charge is 2.31. The average molecular weight is 405 g/mol. The Morgan fingerprint density at radius 3 is 3.00 bits per heavy atom. The van der Waals surface area contributed by atoms with Crippen LogP contribution in [-0.2, 0) is 4.79 Å². The van der Waals surface area contributed by atoms with E-state index in [0.717, 1.165) is 43.3 Å². The van der Waals surface area contributed by atoms with Gasteiger partial charge < -0.3 is 15.0 Å². The molecule has 1 aromatic heterocycles. The first-order chi connectivity index (χ1) is 13.5. The number of hydrogen-bond donors (Lipinski definition) is 1. The lowest BCUT2D eigenvalue weighted by molar-refractivity contribution is -0.118. The zero-order valence-electron chi connectivity index (χ0n) is 16.5. The van der Waals surface area contributed by atoms with Gasteiger partial charge in [0.15, 0.2) is 0 Å². The number of aliphatic imine (C=N–C) groups is 1. The maximum Gasteiger partial charge on any atom is 0.218 e. The molecule has 0 aromatic carbocycles. The molecule has 2 fully saturated rings. The van der Waals surface area contributed by atoms with Gasteiger partial charge in [-0.15, -0.1) is 11.8 Å². The first-order valence-corrected chi connectivity index (χ1v) is 10.5. The number of ether oxygens (including phenoxy) is 1. The van der Waals surface area contributed by atoms with Crippen LogP contribution in [0.1, 0.15) is 26.7 Å². The highest BCUT2D eigenvalue weighted by atomic mass is 32.2. The van der Waals surface area contributed by atoms with Crippen molar-refractivity contribution in [3.63, 3.8) is 0 Å². The Balaban J connectivity index is 1.53. The number of anilines is 1. The van der Waals surface area contributed by atoms with Gasteiger partial charge in [0, 0.05) is 62.7 Å². The third-order valence-corrected chi connectivity index (χ3v) is 5.83. The minimum absolute atomic E-state index is 0.0381. The quantitative estimate of drug-likeness (QED) is 0.497. The molecule has 0 spiro atoms. The number of carbonyl (C=O) groups excluding carboxylic acids is 1. The minimum atomic E-state index is -0.0381. The Morgan fingerprint density at radius 1 is 1.50 bits per heavy atom. The van der Waals surface area contributed by atoms with Crippen molar-refractivity contribution in [2.24, 2.45) is 4.99 Å². The van der Waals surface area contributed by atoms with Gasteiger partial charge in [-0.25, -0.2) is 9.97 Å². The molecular weight excluding hydrogens is 376 g/mol. The lowest BCUT2D eigenvalue weighted by atomic mass is 10.2. The van der Waals surface area contributed by atoms with Crippen LogP contribution in [0.5, 0.6) is 5.88 Å². The number of aromatic nitrogens is 2. The van der Waals surface area contributed by atoms with Gasteiger partial charge in [0.05, 0.1) is 5.88 Å². The summed E-state index contributed by atoms with van der Waals surface area (Å²) in [5.74, 6) is 2.07. The van der Waals surface area contributed by atoms with E-state index >= 15 is 0 Å². The third-order valence-electron chi connectivity index (χ3n) is 4.93. The molecule has 152 valence electrons. The fourth-order valence-corrected chi connectivity index (χ4v) is 4.16. The number of hydrogen-bond acceptors (Lipinski definition) is 8. The highest BCUT2D eigenvalue weighted by Crippen LogP contribution is 2.27. The summed E-state index contributed by atoms with van der Waals surface area (Å²) in [7, 11) is 0. The summed E-state index contributed by atoms with van der Waals surface area (Å²) in [4.78, 5) is 29.2. The van der Waals surface area contributed by atoms with E-state index in [9.17, 15) is 4.79 Å². The highest BCUT2D eigenvalue weighted by molar-refractivity contribution is 8.03. The largest absolute Gasteiger partial charge is 0.473 e. The van der Waals surface area contributed by atoms with Crippen LogP contribution in [0.15, 0.2) is 28.5 Å². The molecular formula is C19H28N6O2S. The van der Waals surface area contributed by atoms with Crippen molar-refractivity contribution in [2.75, 3.05) is 37.0 Å². The van der Waals surface area contributed by atoms with Crippen LogP contribution >= 0.6 is 11.8 Å². The van der Waals surface area contributed by atoms with Gasteiger partial charge in [0.25, 0.3) is 0 Å². The van der Waals surface area contributed by atoms with Crippen LogP contribution in [0, 0.1) is 0 Å². The predicted molar refractivity (Wildman–Crippen MR) is 113 cm³/mol. The second-order valence-electron chi connectivity index (χ2n) is 7.11. The molecule has 2 aliphatic heterocycles. The second kappa shape index (κ2) is 9.88. The number of likely N-dealkylation sites (tertiary alicyclic amines) is 1. The molecule has 1 aromatic rings. The van der Waals surface area contributed by atoms with Crippen molar-refractivity contribution in [3.05, 3.63) is 23.5 Å². The summed E-state index contributed by atoms with van der Waals surface area (Å²) in [5.41, 5.74) is 0. The summed E-state index contributed by atoms with van der Waals surface area (Å²) in [6.45, 7) is 10.9. The molecule has 0 radical (unpaired) electrons. The monoisotopic (exact) mass is 404 g/mol. The molecule has 8 nitrogen and oxygen atoms in total. The fraction of sp³-hybridized carbons (Fsp3) is 0.579. The van der Waals surface area contributed by atoms with Crippen molar-refractivity contribution >= 4 is 30.2 Å². The Kier molecular flexibility index (Phi) is 7.27. The van der Waals surface area contributed by atoms with Gasteiger partial charge in [-0.2, -0.15) is 0 Å². The number of nitrogens with one attached hydrogen (secondary N) is 1. The number of amides is 1. The van der Waals surface area contributed by atoms with E-state index in [2.05, 4.69) is 43.7 Å². The van der Waals surface area contributed by atoms with Gasteiger partial charge in [0.2, 0.25) is 11.8 Å². The van der Waals surface area contributed by atoms with Crippen LogP contribution in [0.3, 0.4) is 0 Å². The molecule has 0 aliphatic carbocycles. The van der Waals surface area contributed by atoms with E-state index < -0.39 is 0 Å². The Morgan fingerprint density at radius 2 is 2.32 bits per heavy atom. The molecule has 9 heteroatoms. The fourth-order valence-electron chi connectivity index (χ4n) is 3.29. The number of thioether (sulfide) groups is 1. The molecule has 28 heavy (non-hydrogen) atoms. The molecule has 2 unspecified atom stereocenters. The number of carbonyl (C=O) groups is 1. The molecule has 1 amide bonds. The third kappa shape index (κ3) is 5.68. The van der Waals surface area contributed by atoms with Gasteiger partial charge >= 0.3 is 0 Å². The predicted octanol–water partition coefficient (Wildman–Crippen LogP) is 1.90. The Hall–Kier alpha value is -2.13. The lowest BCUT2D eigenvalue weighted by Crippen LogP contribution is -2.37. The van der Waals surface area contributed by atoms with E-state index in [1.807, 2.05) is 6.07 Å².